The molecule has 0 heterocycles. The second-order valence-corrected chi connectivity index (χ2v) is 5.68. The van der Waals surface area contributed by atoms with Gasteiger partial charge in [-0.15, -0.1) is 0 Å². The molecule has 0 spiro atoms. The third-order valence-corrected chi connectivity index (χ3v) is 2.83. The molecule has 3 N–H and O–H groups in total. The summed E-state index contributed by atoms with van der Waals surface area (Å²) in [6, 6.07) is 8.88. The lowest BCUT2D eigenvalue weighted by Crippen LogP contribution is -2.38. The summed E-state index contributed by atoms with van der Waals surface area (Å²) in [5.41, 5.74) is 11.9. The Balaban J connectivity index is 2.85. The SMILES string of the molecule is CN(C)NC(CN)c1ccc(C(C)(C)C)cc1. The van der Waals surface area contributed by atoms with Gasteiger partial charge in [0.15, 0.2) is 0 Å². The van der Waals surface area contributed by atoms with Gasteiger partial charge in [0.25, 0.3) is 0 Å². The molecule has 0 radical (unpaired) electrons. The van der Waals surface area contributed by atoms with Crippen molar-refractivity contribution in [1.29, 1.82) is 0 Å². The van der Waals surface area contributed by atoms with Gasteiger partial charge in [-0.2, -0.15) is 0 Å². The summed E-state index contributed by atoms with van der Waals surface area (Å²) >= 11 is 0. The molecule has 3 heteroatoms. The molecule has 0 bridgehead atoms. The second kappa shape index (κ2) is 5.63. The predicted molar refractivity (Wildman–Crippen MR) is 73.8 cm³/mol. The van der Waals surface area contributed by atoms with Crippen LogP contribution in [0.3, 0.4) is 0 Å². The average molecular weight is 235 g/mol. The lowest BCUT2D eigenvalue weighted by Gasteiger charge is -2.24. The Labute approximate surface area is 105 Å². The molecule has 0 fully saturated rings. The van der Waals surface area contributed by atoms with Gasteiger partial charge in [-0.1, -0.05) is 45.0 Å². The molecule has 1 aromatic carbocycles. The molecule has 1 rings (SSSR count). The molecule has 0 aliphatic rings. The van der Waals surface area contributed by atoms with Crippen molar-refractivity contribution in [3.8, 4) is 0 Å². The van der Waals surface area contributed by atoms with Gasteiger partial charge in [0, 0.05) is 20.6 Å². The van der Waals surface area contributed by atoms with Crippen LogP contribution in [0.25, 0.3) is 0 Å². The molecule has 96 valence electrons. The number of rotatable bonds is 4. The number of benzene rings is 1. The fourth-order valence-corrected chi connectivity index (χ4v) is 1.79. The minimum absolute atomic E-state index is 0.180. The predicted octanol–water partition coefficient (Wildman–Crippen LogP) is 2.05. The van der Waals surface area contributed by atoms with Crippen LogP contribution in [0.5, 0.6) is 0 Å². The summed E-state index contributed by atoms with van der Waals surface area (Å²) < 4.78 is 0. The largest absolute Gasteiger partial charge is 0.329 e. The Morgan fingerprint density at radius 1 is 1.18 bits per heavy atom. The van der Waals surface area contributed by atoms with Crippen molar-refractivity contribution < 1.29 is 0 Å². The van der Waals surface area contributed by atoms with E-state index < -0.39 is 0 Å². The van der Waals surface area contributed by atoms with Gasteiger partial charge in [-0.25, -0.2) is 10.4 Å². The summed E-state index contributed by atoms with van der Waals surface area (Å²) in [5.74, 6) is 0. The minimum Gasteiger partial charge on any atom is -0.329 e. The zero-order chi connectivity index (χ0) is 13.1. The summed E-state index contributed by atoms with van der Waals surface area (Å²) in [6.45, 7) is 7.26. The Morgan fingerprint density at radius 2 is 1.71 bits per heavy atom. The fourth-order valence-electron chi connectivity index (χ4n) is 1.79. The maximum Gasteiger partial charge on any atom is 0.0586 e. The zero-order valence-electron chi connectivity index (χ0n) is 11.6. The molecule has 17 heavy (non-hydrogen) atoms. The highest BCUT2D eigenvalue weighted by Crippen LogP contribution is 2.23. The first kappa shape index (κ1) is 14.2. The van der Waals surface area contributed by atoms with Crippen molar-refractivity contribution >= 4 is 0 Å². The van der Waals surface area contributed by atoms with Crippen molar-refractivity contribution in [2.75, 3.05) is 20.6 Å². The first-order valence-electron chi connectivity index (χ1n) is 6.08. The van der Waals surface area contributed by atoms with Crippen LogP contribution < -0.4 is 11.2 Å². The molecule has 3 nitrogen and oxygen atoms in total. The van der Waals surface area contributed by atoms with Gasteiger partial charge < -0.3 is 5.73 Å². The van der Waals surface area contributed by atoms with E-state index in [0.717, 1.165) is 0 Å². The number of nitrogens with zero attached hydrogens (tertiary/aromatic N) is 1. The maximum atomic E-state index is 5.79. The van der Waals surface area contributed by atoms with Crippen LogP contribution in [0.1, 0.15) is 37.9 Å². The van der Waals surface area contributed by atoms with Crippen molar-refractivity contribution in [3.63, 3.8) is 0 Å². The third kappa shape index (κ3) is 4.11. The van der Waals surface area contributed by atoms with Crippen molar-refractivity contribution in [2.24, 2.45) is 5.73 Å². The van der Waals surface area contributed by atoms with E-state index in [2.05, 4.69) is 50.5 Å². The van der Waals surface area contributed by atoms with Gasteiger partial charge in [-0.05, 0) is 16.5 Å². The van der Waals surface area contributed by atoms with Crippen LogP contribution >= 0.6 is 0 Å². The van der Waals surface area contributed by atoms with E-state index in [0.29, 0.717) is 6.54 Å². The molecule has 0 saturated carbocycles. The van der Waals surface area contributed by atoms with Gasteiger partial charge >= 0.3 is 0 Å². The standard InChI is InChI=1S/C14H25N3/c1-14(2,3)12-8-6-11(7-9-12)13(10-15)16-17(4)5/h6-9,13,16H,10,15H2,1-5H3. The van der Waals surface area contributed by atoms with Crippen LogP contribution in [0.4, 0.5) is 0 Å². The summed E-state index contributed by atoms with van der Waals surface area (Å²) in [4.78, 5) is 0. The van der Waals surface area contributed by atoms with Crippen LogP contribution in [-0.2, 0) is 5.41 Å². The number of hydrazine groups is 1. The number of hydrogen-bond acceptors (Lipinski definition) is 3. The smallest absolute Gasteiger partial charge is 0.0586 e. The summed E-state index contributed by atoms with van der Waals surface area (Å²) in [5, 5.41) is 1.94. The Bertz CT molecular complexity index is 335. The van der Waals surface area contributed by atoms with E-state index in [1.165, 1.54) is 11.1 Å². The number of nitrogens with one attached hydrogen (secondary N) is 1. The molecule has 0 aliphatic heterocycles. The summed E-state index contributed by atoms with van der Waals surface area (Å²) in [7, 11) is 3.96. The lowest BCUT2D eigenvalue weighted by molar-refractivity contribution is 0.245. The lowest BCUT2D eigenvalue weighted by atomic mass is 9.86. The first-order valence-corrected chi connectivity index (χ1v) is 6.08. The van der Waals surface area contributed by atoms with Crippen LogP contribution in [0.15, 0.2) is 24.3 Å². The maximum absolute atomic E-state index is 5.79. The van der Waals surface area contributed by atoms with Crippen LogP contribution in [0, 0.1) is 0 Å². The zero-order valence-corrected chi connectivity index (χ0v) is 11.6. The summed E-state index contributed by atoms with van der Waals surface area (Å²) in [6.07, 6.45) is 0. The second-order valence-electron chi connectivity index (χ2n) is 5.68. The van der Waals surface area contributed by atoms with E-state index in [1.807, 2.05) is 19.1 Å². The Morgan fingerprint density at radius 3 is 2.06 bits per heavy atom. The highest BCUT2D eigenvalue weighted by Gasteiger charge is 2.15. The van der Waals surface area contributed by atoms with Crippen LogP contribution in [-0.4, -0.2) is 25.6 Å². The average Bonchev–Trinajstić information content (AvgIpc) is 2.24. The Kier molecular flexibility index (Phi) is 4.69. The highest BCUT2D eigenvalue weighted by atomic mass is 15.5. The molecule has 0 saturated heterocycles. The topological polar surface area (TPSA) is 41.3 Å². The Hall–Kier alpha value is -0.900. The van der Waals surface area contributed by atoms with E-state index in [1.54, 1.807) is 0 Å². The van der Waals surface area contributed by atoms with Crippen molar-refractivity contribution in [3.05, 3.63) is 35.4 Å². The number of nitrogens with two attached hydrogens (primary N) is 1. The monoisotopic (exact) mass is 235 g/mol. The van der Waals surface area contributed by atoms with E-state index in [4.69, 9.17) is 5.73 Å². The quantitative estimate of drug-likeness (QED) is 0.785. The minimum atomic E-state index is 0.180. The van der Waals surface area contributed by atoms with Crippen molar-refractivity contribution in [1.82, 2.24) is 10.4 Å². The highest BCUT2D eigenvalue weighted by molar-refractivity contribution is 5.29. The molecular weight excluding hydrogens is 210 g/mol. The molecule has 1 unspecified atom stereocenters. The van der Waals surface area contributed by atoms with E-state index in [9.17, 15) is 0 Å². The molecule has 1 aromatic rings. The van der Waals surface area contributed by atoms with E-state index in [-0.39, 0.29) is 11.5 Å². The molecule has 0 amide bonds. The molecule has 0 aliphatic carbocycles. The van der Waals surface area contributed by atoms with Gasteiger partial charge in [0.1, 0.15) is 0 Å². The number of hydrogen-bond donors (Lipinski definition) is 2. The molecule has 0 aromatic heterocycles. The normalized spacial score (nSPS) is 14.1. The van der Waals surface area contributed by atoms with Crippen LogP contribution in [0.2, 0.25) is 0 Å². The van der Waals surface area contributed by atoms with Crippen molar-refractivity contribution in [2.45, 2.75) is 32.2 Å². The first-order chi connectivity index (χ1) is 7.84. The van der Waals surface area contributed by atoms with E-state index >= 15 is 0 Å². The van der Waals surface area contributed by atoms with Gasteiger partial charge in [0.05, 0.1) is 6.04 Å². The van der Waals surface area contributed by atoms with Gasteiger partial charge in [-0.3, -0.25) is 0 Å². The van der Waals surface area contributed by atoms with Gasteiger partial charge in [0.2, 0.25) is 0 Å². The molecular formula is C14H25N3. The fraction of sp³-hybridized carbons (Fsp3) is 0.571. The molecule has 1 atom stereocenters. The third-order valence-electron chi connectivity index (χ3n) is 2.83.